The molecule has 0 aromatic rings. The maximum atomic E-state index is 11.7. The average Bonchev–Trinajstić information content (AvgIpc) is 2.83. The first-order chi connectivity index (χ1) is 8.99. The topological polar surface area (TPSA) is 70.7 Å². The lowest BCUT2D eigenvalue weighted by Crippen LogP contribution is -2.45. The van der Waals surface area contributed by atoms with Gasteiger partial charge in [-0.05, 0) is 12.8 Å². The van der Waals surface area contributed by atoms with Crippen LogP contribution in [0.25, 0.3) is 0 Å². The third-order valence-corrected chi connectivity index (χ3v) is 3.58. The molecule has 0 aromatic carbocycles. The van der Waals surface area contributed by atoms with Crippen LogP contribution in [-0.4, -0.2) is 57.7 Å². The van der Waals surface area contributed by atoms with Crippen LogP contribution >= 0.6 is 0 Å². The summed E-state index contributed by atoms with van der Waals surface area (Å²) < 4.78 is 5.26. The molecule has 0 aromatic heterocycles. The minimum absolute atomic E-state index is 0.0140. The second-order valence-electron chi connectivity index (χ2n) is 5.47. The molecule has 1 fully saturated rings. The number of nitrogens with zero attached hydrogens (tertiary/aromatic N) is 1. The van der Waals surface area contributed by atoms with Crippen LogP contribution in [0.5, 0.6) is 0 Å². The summed E-state index contributed by atoms with van der Waals surface area (Å²) in [7, 11) is 4.97. The minimum atomic E-state index is -0.261. The molecule has 0 heterocycles. The fraction of sp³-hybridized carbons (Fsp3) is 0.846. The first kappa shape index (κ1) is 15.8. The van der Waals surface area contributed by atoms with Crippen molar-refractivity contribution in [2.45, 2.75) is 25.7 Å². The van der Waals surface area contributed by atoms with Gasteiger partial charge in [-0.15, -0.1) is 0 Å². The van der Waals surface area contributed by atoms with E-state index in [1.165, 1.54) is 17.7 Å². The Labute approximate surface area is 114 Å². The third-order valence-electron chi connectivity index (χ3n) is 3.58. The predicted octanol–water partition coefficient (Wildman–Crippen LogP) is 0.581. The molecule has 1 aliphatic rings. The second-order valence-corrected chi connectivity index (χ2v) is 5.47. The molecule has 0 atom stereocenters. The van der Waals surface area contributed by atoms with E-state index in [1.54, 1.807) is 21.2 Å². The Balaban J connectivity index is 2.30. The number of ether oxygens (including phenoxy) is 1. The van der Waals surface area contributed by atoms with Crippen molar-refractivity contribution in [2.24, 2.45) is 5.41 Å². The molecule has 0 spiro atoms. The van der Waals surface area contributed by atoms with E-state index in [-0.39, 0.29) is 23.9 Å². The van der Waals surface area contributed by atoms with Crippen LogP contribution < -0.4 is 10.6 Å². The monoisotopic (exact) mass is 271 g/mol. The van der Waals surface area contributed by atoms with Gasteiger partial charge in [0, 0.05) is 33.2 Å². The smallest absolute Gasteiger partial charge is 0.317 e. The van der Waals surface area contributed by atoms with Crippen molar-refractivity contribution in [1.82, 2.24) is 15.5 Å². The van der Waals surface area contributed by atoms with Crippen LogP contribution in [0.2, 0.25) is 0 Å². The SMILES string of the molecule is COCC1(CNC(=O)CNC(=O)N(C)C)CCCC1. The lowest BCUT2D eigenvalue weighted by atomic mass is 9.87. The van der Waals surface area contributed by atoms with Gasteiger partial charge in [-0.2, -0.15) is 0 Å². The van der Waals surface area contributed by atoms with Crippen molar-refractivity contribution < 1.29 is 14.3 Å². The van der Waals surface area contributed by atoms with Crippen molar-refractivity contribution in [3.05, 3.63) is 0 Å². The number of carbonyl (C=O) groups is 2. The molecule has 0 radical (unpaired) electrons. The Hall–Kier alpha value is -1.30. The number of urea groups is 1. The second kappa shape index (κ2) is 7.33. The van der Waals surface area contributed by atoms with Crippen LogP contribution in [-0.2, 0) is 9.53 Å². The quantitative estimate of drug-likeness (QED) is 0.742. The van der Waals surface area contributed by atoms with E-state index in [1.807, 2.05) is 0 Å². The largest absolute Gasteiger partial charge is 0.384 e. The van der Waals surface area contributed by atoms with Gasteiger partial charge in [0.25, 0.3) is 0 Å². The van der Waals surface area contributed by atoms with Gasteiger partial charge in [0.2, 0.25) is 5.91 Å². The van der Waals surface area contributed by atoms with Crippen LogP contribution in [0.15, 0.2) is 0 Å². The lowest BCUT2D eigenvalue weighted by Gasteiger charge is -2.28. The predicted molar refractivity (Wildman–Crippen MR) is 72.9 cm³/mol. The maximum absolute atomic E-state index is 11.7. The zero-order chi connectivity index (χ0) is 14.3. The fourth-order valence-corrected chi connectivity index (χ4v) is 2.47. The van der Waals surface area contributed by atoms with E-state index >= 15 is 0 Å². The van der Waals surface area contributed by atoms with Crippen LogP contribution in [0.4, 0.5) is 4.79 Å². The van der Waals surface area contributed by atoms with Gasteiger partial charge in [-0.1, -0.05) is 12.8 Å². The zero-order valence-electron chi connectivity index (χ0n) is 12.1. The van der Waals surface area contributed by atoms with E-state index in [0.29, 0.717) is 13.2 Å². The summed E-state index contributed by atoms with van der Waals surface area (Å²) in [5.74, 6) is -0.155. The number of amides is 3. The van der Waals surface area contributed by atoms with Crippen LogP contribution in [0, 0.1) is 5.41 Å². The molecule has 1 saturated carbocycles. The number of hydrogen-bond donors (Lipinski definition) is 2. The first-order valence-electron chi connectivity index (χ1n) is 6.70. The molecule has 19 heavy (non-hydrogen) atoms. The van der Waals surface area contributed by atoms with Crippen molar-refractivity contribution in [3.8, 4) is 0 Å². The highest BCUT2D eigenvalue weighted by molar-refractivity contribution is 5.83. The Morgan fingerprint density at radius 1 is 1.21 bits per heavy atom. The van der Waals surface area contributed by atoms with Gasteiger partial charge in [-0.25, -0.2) is 4.79 Å². The zero-order valence-corrected chi connectivity index (χ0v) is 12.1. The molecule has 0 aliphatic heterocycles. The molecule has 6 heteroatoms. The normalized spacial score (nSPS) is 17.0. The van der Waals surface area contributed by atoms with Gasteiger partial charge in [0.1, 0.15) is 0 Å². The van der Waals surface area contributed by atoms with Gasteiger partial charge >= 0.3 is 6.03 Å². The van der Waals surface area contributed by atoms with E-state index in [2.05, 4.69) is 10.6 Å². The summed E-state index contributed by atoms with van der Waals surface area (Å²) in [6.45, 7) is 1.31. The number of carbonyl (C=O) groups excluding carboxylic acids is 2. The third kappa shape index (κ3) is 5.06. The van der Waals surface area contributed by atoms with E-state index in [4.69, 9.17) is 4.74 Å². The molecular weight excluding hydrogens is 246 g/mol. The molecule has 3 amide bonds. The van der Waals surface area contributed by atoms with Gasteiger partial charge in [0.15, 0.2) is 0 Å². The Kier molecular flexibility index (Phi) is 6.08. The molecule has 0 unspecified atom stereocenters. The summed E-state index contributed by atoms with van der Waals surface area (Å²) in [5, 5.41) is 5.44. The molecule has 6 nitrogen and oxygen atoms in total. The molecule has 0 bridgehead atoms. The molecule has 2 N–H and O–H groups in total. The number of nitrogens with one attached hydrogen (secondary N) is 2. The minimum Gasteiger partial charge on any atom is -0.384 e. The van der Waals surface area contributed by atoms with Crippen LogP contribution in [0.3, 0.4) is 0 Å². The summed E-state index contributed by atoms with van der Waals surface area (Å²) in [6.07, 6.45) is 4.56. The molecule has 1 aliphatic carbocycles. The number of methoxy groups -OCH3 is 1. The maximum Gasteiger partial charge on any atom is 0.317 e. The van der Waals surface area contributed by atoms with Crippen molar-refractivity contribution >= 4 is 11.9 Å². The molecular formula is C13H25N3O3. The average molecular weight is 271 g/mol. The Morgan fingerprint density at radius 3 is 2.37 bits per heavy atom. The van der Waals surface area contributed by atoms with Crippen molar-refractivity contribution in [2.75, 3.05) is 40.9 Å². The van der Waals surface area contributed by atoms with Crippen molar-refractivity contribution in [1.29, 1.82) is 0 Å². The lowest BCUT2D eigenvalue weighted by molar-refractivity contribution is -0.120. The molecule has 1 rings (SSSR count). The summed E-state index contributed by atoms with van der Waals surface area (Å²) in [6, 6.07) is -0.261. The summed E-state index contributed by atoms with van der Waals surface area (Å²) in [5.41, 5.74) is 0.0793. The van der Waals surface area contributed by atoms with E-state index in [9.17, 15) is 9.59 Å². The molecule has 0 saturated heterocycles. The summed E-state index contributed by atoms with van der Waals surface area (Å²) >= 11 is 0. The first-order valence-corrected chi connectivity index (χ1v) is 6.70. The van der Waals surface area contributed by atoms with Gasteiger partial charge < -0.3 is 20.3 Å². The fourth-order valence-electron chi connectivity index (χ4n) is 2.47. The van der Waals surface area contributed by atoms with Crippen LogP contribution in [0.1, 0.15) is 25.7 Å². The molecule has 110 valence electrons. The number of rotatable bonds is 6. The standard InChI is InChI=1S/C13H25N3O3/c1-16(2)12(18)14-8-11(17)15-9-13(10-19-3)6-4-5-7-13/h4-10H2,1-3H3,(H,14,18)(H,15,17). The van der Waals surface area contributed by atoms with Gasteiger partial charge in [-0.3, -0.25) is 4.79 Å². The number of hydrogen-bond acceptors (Lipinski definition) is 3. The van der Waals surface area contributed by atoms with Gasteiger partial charge in [0.05, 0.1) is 13.2 Å². The van der Waals surface area contributed by atoms with E-state index < -0.39 is 0 Å². The Bertz CT molecular complexity index is 312. The highest BCUT2D eigenvalue weighted by Gasteiger charge is 2.34. The Morgan fingerprint density at radius 2 is 1.84 bits per heavy atom. The highest BCUT2D eigenvalue weighted by Crippen LogP contribution is 2.37. The van der Waals surface area contributed by atoms with E-state index in [0.717, 1.165) is 12.8 Å². The highest BCUT2D eigenvalue weighted by atomic mass is 16.5. The summed E-state index contributed by atoms with van der Waals surface area (Å²) in [4.78, 5) is 24.4. The van der Waals surface area contributed by atoms with Crippen molar-refractivity contribution in [3.63, 3.8) is 0 Å².